The lowest BCUT2D eigenvalue weighted by atomic mass is 10.1. The Balaban J connectivity index is 1.38. The number of amides is 1. The van der Waals surface area contributed by atoms with Gasteiger partial charge in [-0.05, 0) is 42.0 Å². The van der Waals surface area contributed by atoms with Crippen LogP contribution in [0.25, 0.3) is 17.5 Å². The number of nitrogens with zero attached hydrogens (tertiary/aromatic N) is 2. The van der Waals surface area contributed by atoms with E-state index in [1.807, 2.05) is 30.3 Å². The smallest absolute Gasteiger partial charge is 0.244 e. The molecule has 0 bridgehead atoms. The number of hydrogen-bond donors (Lipinski definition) is 1. The summed E-state index contributed by atoms with van der Waals surface area (Å²) in [4.78, 5) is 20.8. The molecule has 0 aliphatic carbocycles. The minimum Gasteiger partial charge on any atom is -0.497 e. The molecule has 2 heterocycles. The Hall–Kier alpha value is -3.38. The molecule has 3 aromatic rings. The van der Waals surface area contributed by atoms with Crippen molar-refractivity contribution in [2.45, 2.75) is 12.5 Å². The van der Waals surface area contributed by atoms with Gasteiger partial charge in [0.25, 0.3) is 0 Å². The number of fused-ring (bicyclic) bond motifs is 1. The lowest BCUT2D eigenvalue weighted by Crippen LogP contribution is -2.33. The van der Waals surface area contributed by atoms with Crippen LogP contribution >= 0.6 is 11.6 Å². The lowest BCUT2D eigenvalue weighted by Gasteiger charge is -2.12. The van der Waals surface area contributed by atoms with Crippen LogP contribution in [0.15, 0.2) is 60.9 Å². The van der Waals surface area contributed by atoms with Gasteiger partial charge in [0.1, 0.15) is 17.6 Å². The van der Waals surface area contributed by atoms with Crippen LogP contribution in [0.2, 0.25) is 5.02 Å². The number of nitrogens with one attached hydrogen (secondary N) is 1. The number of ether oxygens (including phenoxy) is 2. The molecular weight excluding hydrogens is 402 g/mol. The molecule has 0 saturated carbocycles. The molecule has 0 radical (unpaired) electrons. The van der Waals surface area contributed by atoms with E-state index in [9.17, 15) is 4.79 Å². The summed E-state index contributed by atoms with van der Waals surface area (Å²) in [5.41, 5.74) is 2.65. The molecule has 4 rings (SSSR count). The standard InChI is InChI=1S/C23H20ClN3O3/c1-29-18-6-3-15(4-7-18)5-8-21(28)27-14-19-12-16-11-17(24)13-20(22(16)30-19)23-25-9-2-10-26-23/h2-11,13,19H,12,14H2,1H3,(H,27,28)/b8-5+. The molecule has 1 aliphatic rings. The van der Waals surface area contributed by atoms with Crippen LogP contribution in [0.4, 0.5) is 0 Å². The third-order valence-corrected chi connectivity index (χ3v) is 4.93. The minimum atomic E-state index is -0.185. The summed E-state index contributed by atoms with van der Waals surface area (Å²) in [6.07, 6.45) is 7.08. The van der Waals surface area contributed by atoms with E-state index >= 15 is 0 Å². The van der Waals surface area contributed by atoms with Crippen LogP contribution < -0.4 is 14.8 Å². The van der Waals surface area contributed by atoms with Crippen LogP contribution in [-0.2, 0) is 11.2 Å². The van der Waals surface area contributed by atoms with Crippen LogP contribution in [-0.4, -0.2) is 35.6 Å². The Bertz CT molecular complexity index is 1070. The average Bonchev–Trinajstić information content (AvgIpc) is 3.19. The largest absolute Gasteiger partial charge is 0.497 e. The van der Waals surface area contributed by atoms with E-state index in [2.05, 4.69) is 15.3 Å². The second-order valence-electron chi connectivity index (χ2n) is 6.81. The molecule has 0 spiro atoms. The lowest BCUT2D eigenvalue weighted by molar-refractivity contribution is -0.116. The summed E-state index contributed by atoms with van der Waals surface area (Å²) < 4.78 is 11.2. The molecule has 2 aromatic carbocycles. The van der Waals surface area contributed by atoms with Gasteiger partial charge in [0.05, 0.1) is 19.2 Å². The molecule has 6 nitrogen and oxygen atoms in total. The van der Waals surface area contributed by atoms with Crippen molar-refractivity contribution in [2.75, 3.05) is 13.7 Å². The van der Waals surface area contributed by atoms with Gasteiger partial charge in [0, 0.05) is 35.5 Å². The van der Waals surface area contributed by atoms with Gasteiger partial charge in [-0.3, -0.25) is 4.79 Å². The zero-order valence-corrected chi connectivity index (χ0v) is 17.1. The Kier molecular flexibility index (Phi) is 5.95. The van der Waals surface area contributed by atoms with Gasteiger partial charge in [0.15, 0.2) is 5.82 Å². The maximum atomic E-state index is 12.2. The van der Waals surface area contributed by atoms with Crippen molar-refractivity contribution < 1.29 is 14.3 Å². The topological polar surface area (TPSA) is 73.3 Å². The fraction of sp³-hybridized carbons (Fsp3) is 0.174. The first-order chi connectivity index (χ1) is 14.6. The Morgan fingerprint density at radius 3 is 2.77 bits per heavy atom. The van der Waals surface area contributed by atoms with Crippen molar-refractivity contribution in [1.82, 2.24) is 15.3 Å². The zero-order chi connectivity index (χ0) is 20.9. The number of carbonyl (C=O) groups is 1. The molecule has 0 saturated heterocycles. The quantitative estimate of drug-likeness (QED) is 0.610. The van der Waals surface area contributed by atoms with Gasteiger partial charge in [-0.1, -0.05) is 23.7 Å². The normalized spacial score (nSPS) is 14.9. The third kappa shape index (κ3) is 4.60. The highest BCUT2D eigenvalue weighted by atomic mass is 35.5. The molecule has 1 atom stereocenters. The number of benzene rings is 2. The van der Waals surface area contributed by atoms with Gasteiger partial charge in [-0.25, -0.2) is 9.97 Å². The molecule has 1 amide bonds. The van der Waals surface area contributed by atoms with Gasteiger partial charge in [-0.15, -0.1) is 0 Å². The Morgan fingerprint density at radius 2 is 2.03 bits per heavy atom. The molecular formula is C23H20ClN3O3. The van der Waals surface area contributed by atoms with Crippen LogP contribution in [0.1, 0.15) is 11.1 Å². The van der Waals surface area contributed by atoms with Crippen molar-refractivity contribution in [3.05, 3.63) is 77.1 Å². The van der Waals surface area contributed by atoms with E-state index < -0.39 is 0 Å². The summed E-state index contributed by atoms with van der Waals surface area (Å²) in [5, 5.41) is 3.49. The monoisotopic (exact) mass is 421 g/mol. The van der Waals surface area contributed by atoms with Crippen molar-refractivity contribution in [3.63, 3.8) is 0 Å². The summed E-state index contributed by atoms with van der Waals surface area (Å²) in [6.45, 7) is 0.382. The van der Waals surface area contributed by atoms with E-state index in [-0.39, 0.29) is 12.0 Å². The highest BCUT2D eigenvalue weighted by molar-refractivity contribution is 6.31. The molecule has 1 aliphatic heterocycles. The number of halogens is 1. The molecule has 0 fully saturated rings. The van der Waals surface area contributed by atoms with Gasteiger partial charge in [-0.2, -0.15) is 0 Å². The number of carbonyl (C=O) groups excluding carboxylic acids is 1. The molecule has 7 heteroatoms. The van der Waals surface area contributed by atoms with E-state index in [0.29, 0.717) is 23.8 Å². The molecule has 1 aromatic heterocycles. The highest BCUT2D eigenvalue weighted by Gasteiger charge is 2.27. The number of methoxy groups -OCH3 is 1. The molecule has 152 valence electrons. The van der Waals surface area contributed by atoms with E-state index in [4.69, 9.17) is 21.1 Å². The highest BCUT2D eigenvalue weighted by Crippen LogP contribution is 2.39. The summed E-state index contributed by atoms with van der Waals surface area (Å²) in [6, 6.07) is 12.9. The first-order valence-electron chi connectivity index (χ1n) is 9.49. The molecule has 30 heavy (non-hydrogen) atoms. The summed E-state index contributed by atoms with van der Waals surface area (Å²) in [7, 11) is 1.62. The predicted octanol–water partition coefficient (Wildman–Crippen LogP) is 3.94. The first-order valence-corrected chi connectivity index (χ1v) is 9.86. The van der Waals surface area contributed by atoms with Crippen LogP contribution in [0.3, 0.4) is 0 Å². The van der Waals surface area contributed by atoms with Gasteiger partial charge < -0.3 is 14.8 Å². The van der Waals surface area contributed by atoms with E-state index in [1.54, 1.807) is 37.7 Å². The van der Waals surface area contributed by atoms with Crippen LogP contribution in [0, 0.1) is 0 Å². The van der Waals surface area contributed by atoms with Crippen molar-refractivity contribution in [2.24, 2.45) is 0 Å². The average molecular weight is 422 g/mol. The van der Waals surface area contributed by atoms with Crippen molar-refractivity contribution in [3.8, 4) is 22.9 Å². The predicted molar refractivity (Wildman–Crippen MR) is 116 cm³/mol. The maximum Gasteiger partial charge on any atom is 0.244 e. The summed E-state index contributed by atoms with van der Waals surface area (Å²) >= 11 is 6.27. The number of rotatable bonds is 6. The fourth-order valence-electron chi connectivity index (χ4n) is 3.27. The molecule has 1 unspecified atom stereocenters. The SMILES string of the molecule is COc1ccc(/C=C/C(=O)NCC2Cc3cc(Cl)cc(-c4ncccn4)c3O2)cc1. The van der Waals surface area contributed by atoms with Gasteiger partial charge >= 0.3 is 0 Å². The first kappa shape index (κ1) is 19.9. The van der Waals surface area contributed by atoms with Crippen molar-refractivity contribution in [1.29, 1.82) is 0 Å². The second-order valence-corrected chi connectivity index (χ2v) is 7.25. The maximum absolute atomic E-state index is 12.2. The number of hydrogen-bond acceptors (Lipinski definition) is 5. The zero-order valence-electron chi connectivity index (χ0n) is 16.3. The Morgan fingerprint density at radius 1 is 1.27 bits per heavy atom. The summed E-state index contributed by atoms with van der Waals surface area (Å²) in [5.74, 6) is 1.87. The fourth-order valence-corrected chi connectivity index (χ4v) is 3.51. The van der Waals surface area contributed by atoms with Crippen LogP contribution in [0.5, 0.6) is 11.5 Å². The minimum absolute atomic E-state index is 0.181. The van der Waals surface area contributed by atoms with E-state index in [1.165, 1.54) is 6.08 Å². The van der Waals surface area contributed by atoms with E-state index in [0.717, 1.165) is 28.2 Å². The Labute approximate surface area is 179 Å². The second kappa shape index (κ2) is 8.97. The van der Waals surface area contributed by atoms with Gasteiger partial charge in [0.2, 0.25) is 5.91 Å². The third-order valence-electron chi connectivity index (χ3n) is 4.72. The molecule has 1 N–H and O–H groups in total. The van der Waals surface area contributed by atoms with Crippen molar-refractivity contribution >= 4 is 23.6 Å². The number of aromatic nitrogens is 2.